The zero-order valence-electron chi connectivity index (χ0n) is 8.50. The summed E-state index contributed by atoms with van der Waals surface area (Å²) in [7, 11) is 0. The second-order valence-electron chi connectivity index (χ2n) is 3.76. The zero-order chi connectivity index (χ0) is 10.3. The zero-order valence-corrected chi connectivity index (χ0v) is 9.32. The van der Waals surface area contributed by atoms with E-state index in [-0.39, 0.29) is 0 Å². The first-order valence-corrected chi connectivity index (χ1v) is 5.84. The maximum Gasteiger partial charge on any atom is 0.0823 e. The van der Waals surface area contributed by atoms with Gasteiger partial charge in [0.05, 0.1) is 5.03 Å². The Bertz CT molecular complexity index is 502. The Morgan fingerprint density at radius 2 is 2.13 bits per heavy atom. The molecule has 0 unspecified atom stereocenters. The molecule has 2 N–H and O–H groups in total. The number of anilines is 1. The van der Waals surface area contributed by atoms with Crippen molar-refractivity contribution in [3.8, 4) is 0 Å². The number of fused-ring (bicyclic) bond motifs is 2. The van der Waals surface area contributed by atoms with Gasteiger partial charge in [0, 0.05) is 28.4 Å². The summed E-state index contributed by atoms with van der Waals surface area (Å²) in [4.78, 5) is 4.69. The van der Waals surface area contributed by atoms with E-state index >= 15 is 0 Å². The molecule has 0 radical (unpaired) electrons. The van der Waals surface area contributed by atoms with Crippen LogP contribution >= 0.6 is 11.8 Å². The van der Waals surface area contributed by atoms with Crippen molar-refractivity contribution in [2.24, 2.45) is 0 Å². The molecule has 3 rings (SSSR count). The van der Waals surface area contributed by atoms with Gasteiger partial charge in [0.2, 0.25) is 0 Å². The van der Waals surface area contributed by atoms with Crippen LogP contribution in [0.5, 0.6) is 0 Å². The molecule has 1 aromatic heterocycles. The number of aromatic amines is 1. The molecule has 1 aromatic carbocycles. The lowest BCUT2D eigenvalue weighted by Gasteiger charge is -2.05. The summed E-state index contributed by atoms with van der Waals surface area (Å²) < 4.78 is 0. The minimum Gasteiger partial charge on any atom is -0.380 e. The molecule has 2 heterocycles. The van der Waals surface area contributed by atoms with Crippen molar-refractivity contribution in [2.75, 3.05) is 5.32 Å². The average Bonchev–Trinajstić information content (AvgIpc) is 2.49. The number of aromatic nitrogens is 1. The Labute approximate surface area is 93.1 Å². The minimum atomic E-state index is 0.906. The van der Waals surface area contributed by atoms with Gasteiger partial charge in [-0.25, -0.2) is 0 Å². The summed E-state index contributed by atoms with van der Waals surface area (Å²) in [6.07, 6.45) is 0. The Hall–Kier alpha value is -1.35. The Kier molecular flexibility index (Phi) is 1.99. The molecule has 2 nitrogen and oxygen atoms in total. The molecule has 3 heteroatoms. The van der Waals surface area contributed by atoms with Gasteiger partial charge in [-0.05, 0) is 25.1 Å². The molecule has 0 fully saturated rings. The molecule has 0 aliphatic carbocycles. The predicted octanol–water partition coefficient (Wildman–Crippen LogP) is 3.40. The highest BCUT2D eigenvalue weighted by Gasteiger charge is 2.14. The van der Waals surface area contributed by atoms with E-state index in [0.29, 0.717) is 0 Å². The first-order valence-electron chi connectivity index (χ1n) is 5.02. The highest BCUT2D eigenvalue weighted by molar-refractivity contribution is 7.99. The molecule has 0 spiro atoms. The largest absolute Gasteiger partial charge is 0.380 e. The van der Waals surface area contributed by atoms with Crippen molar-refractivity contribution in [1.82, 2.24) is 4.98 Å². The maximum absolute atomic E-state index is 3.45. The first-order chi connectivity index (χ1) is 7.33. The number of H-pyrrole nitrogens is 1. The van der Waals surface area contributed by atoms with Crippen molar-refractivity contribution in [1.29, 1.82) is 0 Å². The van der Waals surface area contributed by atoms with Crippen LogP contribution in [0.3, 0.4) is 0 Å². The monoisotopic (exact) mass is 216 g/mol. The number of hydrogen-bond donors (Lipinski definition) is 2. The smallest absolute Gasteiger partial charge is 0.0823 e. The van der Waals surface area contributed by atoms with Gasteiger partial charge in [0.1, 0.15) is 0 Å². The van der Waals surface area contributed by atoms with Crippen molar-refractivity contribution < 1.29 is 0 Å². The van der Waals surface area contributed by atoms with Gasteiger partial charge in [0.25, 0.3) is 0 Å². The molecule has 0 saturated heterocycles. The summed E-state index contributed by atoms with van der Waals surface area (Å²) in [5.74, 6) is 0. The van der Waals surface area contributed by atoms with Gasteiger partial charge >= 0.3 is 0 Å². The van der Waals surface area contributed by atoms with E-state index < -0.39 is 0 Å². The van der Waals surface area contributed by atoms with Crippen LogP contribution in [0.15, 0.2) is 40.3 Å². The number of para-hydroxylation sites is 1. The summed E-state index contributed by atoms with van der Waals surface area (Å²) in [6.45, 7) is 3.00. The molecular formula is C12H12N2S. The van der Waals surface area contributed by atoms with Crippen LogP contribution in [-0.4, -0.2) is 4.98 Å². The Morgan fingerprint density at radius 1 is 1.27 bits per heavy atom. The molecule has 0 saturated carbocycles. The van der Waals surface area contributed by atoms with Gasteiger partial charge in [0.15, 0.2) is 0 Å². The fraction of sp³-hybridized carbons (Fsp3) is 0.167. The van der Waals surface area contributed by atoms with Crippen molar-refractivity contribution in [3.05, 3.63) is 41.6 Å². The lowest BCUT2D eigenvalue weighted by atomic mass is 10.3. The van der Waals surface area contributed by atoms with E-state index in [4.69, 9.17) is 0 Å². The Morgan fingerprint density at radius 3 is 3.07 bits per heavy atom. The van der Waals surface area contributed by atoms with Crippen LogP contribution in [0.4, 0.5) is 5.69 Å². The molecule has 1 aliphatic heterocycles. The number of benzene rings is 1. The highest BCUT2D eigenvalue weighted by atomic mass is 32.2. The molecule has 76 valence electrons. The molecule has 0 bridgehead atoms. The highest BCUT2D eigenvalue weighted by Crippen LogP contribution is 2.38. The number of rotatable bonds is 0. The van der Waals surface area contributed by atoms with Gasteiger partial charge in [-0.3, -0.25) is 0 Å². The molecular weight excluding hydrogens is 204 g/mol. The van der Waals surface area contributed by atoms with Crippen LogP contribution < -0.4 is 5.32 Å². The second kappa shape index (κ2) is 3.35. The topological polar surface area (TPSA) is 27.8 Å². The second-order valence-corrected chi connectivity index (χ2v) is 4.81. The summed E-state index contributed by atoms with van der Waals surface area (Å²) in [5.41, 5.74) is 3.81. The minimum absolute atomic E-state index is 0.906. The third kappa shape index (κ3) is 1.53. The third-order valence-corrected chi connectivity index (χ3v) is 3.71. The molecule has 1 aliphatic rings. The molecule has 0 amide bonds. The van der Waals surface area contributed by atoms with Crippen LogP contribution in [0, 0.1) is 6.92 Å². The van der Waals surface area contributed by atoms with Crippen molar-refractivity contribution >= 4 is 17.4 Å². The fourth-order valence-electron chi connectivity index (χ4n) is 1.85. The lowest BCUT2D eigenvalue weighted by molar-refractivity contribution is 1.06. The summed E-state index contributed by atoms with van der Waals surface area (Å²) >= 11 is 1.81. The fourth-order valence-corrected chi connectivity index (χ4v) is 2.94. The van der Waals surface area contributed by atoms with Crippen LogP contribution in [0.1, 0.15) is 11.3 Å². The predicted molar refractivity (Wildman–Crippen MR) is 63.4 cm³/mol. The van der Waals surface area contributed by atoms with E-state index in [2.05, 4.69) is 47.6 Å². The standard InChI is InChI=1S/C12H12N2S/c1-8-6-9-7-13-10-4-2-3-5-11(10)15-12(9)14-8/h2-6,13-14H,7H2,1H3. The van der Waals surface area contributed by atoms with Crippen LogP contribution in [-0.2, 0) is 6.54 Å². The van der Waals surface area contributed by atoms with Crippen molar-refractivity contribution in [3.63, 3.8) is 0 Å². The molecule has 0 atom stereocenters. The SMILES string of the molecule is Cc1cc2c([nH]1)Sc1ccccc1NC2. The van der Waals surface area contributed by atoms with Gasteiger partial charge < -0.3 is 10.3 Å². The summed E-state index contributed by atoms with van der Waals surface area (Å²) in [5, 5.41) is 4.72. The van der Waals surface area contributed by atoms with Gasteiger partial charge in [-0.2, -0.15) is 0 Å². The molecule has 2 aromatic rings. The molecule has 15 heavy (non-hydrogen) atoms. The summed E-state index contributed by atoms with van der Waals surface area (Å²) in [6, 6.07) is 10.6. The maximum atomic E-state index is 3.45. The number of nitrogens with one attached hydrogen (secondary N) is 2. The van der Waals surface area contributed by atoms with E-state index in [9.17, 15) is 0 Å². The number of hydrogen-bond acceptors (Lipinski definition) is 2. The van der Waals surface area contributed by atoms with Gasteiger partial charge in [-0.1, -0.05) is 23.9 Å². The van der Waals surface area contributed by atoms with Crippen molar-refractivity contribution in [2.45, 2.75) is 23.4 Å². The normalized spacial score (nSPS) is 13.7. The van der Waals surface area contributed by atoms with E-state index in [0.717, 1.165) is 6.54 Å². The van der Waals surface area contributed by atoms with E-state index in [1.165, 1.54) is 26.9 Å². The average molecular weight is 216 g/mol. The first kappa shape index (κ1) is 8.92. The van der Waals surface area contributed by atoms with Crippen LogP contribution in [0.2, 0.25) is 0 Å². The van der Waals surface area contributed by atoms with Crippen LogP contribution in [0.25, 0.3) is 0 Å². The van der Waals surface area contributed by atoms with E-state index in [1.807, 2.05) is 0 Å². The van der Waals surface area contributed by atoms with Gasteiger partial charge in [-0.15, -0.1) is 0 Å². The third-order valence-electron chi connectivity index (χ3n) is 2.56. The number of aryl methyl sites for hydroxylation is 1. The Balaban J connectivity index is 2.08. The van der Waals surface area contributed by atoms with E-state index in [1.54, 1.807) is 11.8 Å². The lowest BCUT2D eigenvalue weighted by Crippen LogP contribution is -1.97. The quantitative estimate of drug-likeness (QED) is 0.706.